The monoisotopic (exact) mass is 335 g/mol. The second-order valence-electron chi connectivity index (χ2n) is 4.74. The average molecular weight is 336 g/mol. The van der Waals surface area contributed by atoms with Gasteiger partial charge in [0.15, 0.2) is 0 Å². The zero-order valence-electron chi connectivity index (χ0n) is 11.0. The van der Waals surface area contributed by atoms with Gasteiger partial charge in [0.1, 0.15) is 5.75 Å². The number of halogens is 1. The van der Waals surface area contributed by atoms with Crippen molar-refractivity contribution in [2.45, 2.75) is 19.9 Å². The van der Waals surface area contributed by atoms with Gasteiger partial charge in [0.25, 0.3) is 5.91 Å². The van der Waals surface area contributed by atoms with Crippen molar-refractivity contribution in [1.29, 1.82) is 0 Å². The molecule has 2 aromatic rings. The first-order chi connectivity index (χ1) is 9.65. The van der Waals surface area contributed by atoms with Crippen molar-refractivity contribution in [3.8, 4) is 5.75 Å². The van der Waals surface area contributed by atoms with Crippen LogP contribution in [0.1, 0.15) is 27.2 Å². The lowest BCUT2D eigenvalue weighted by Crippen LogP contribution is -2.23. The fraction of sp³-hybridized carbons (Fsp3) is 0.286. The lowest BCUT2D eigenvalue weighted by Gasteiger charge is -2.10. The summed E-state index contributed by atoms with van der Waals surface area (Å²) in [5.74, 6) is 0.764. The zero-order valence-corrected chi connectivity index (χ0v) is 12.6. The first kappa shape index (κ1) is 13.2. The van der Waals surface area contributed by atoms with E-state index in [-0.39, 0.29) is 5.91 Å². The molecule has 0 spiro atoms. The van der Waals surface area contributed by atoms with Crippen LogP contribution in [-0.4, -0.2) is 22.7 Å². The molecule has 20 heavy (non-hydrogen) atoms. The van der Waals surface area contributed by atoms with Gasteiger partial charge in [0.05, 0.1) is 18.4 Å². The number of amides is 1. The Morgan fingerprint density at radius 1 is 1.55 bits per heavy atom. The number of ether oxygens (including phenoxy) is 1. The number of aromatic amines is 1. The predicted octanol–water partition coefficient (Wildman–Crippen LogP) is 2.35. The highest BCUT2D eigenvalue weighted by Gasteiger charge is 2.18. The summed E-state index contributed by atoms with van der Waals surface area (Å²) >= 11 is 3.49. The Labute approximate surface area is 124 Å². The molecule has 2 N–H and O–H groups in total. The second kappa shape index (κ2) is 5.28. The molecule has 3 rings (SSSR count). The summed E-state index contributed by atoms with van der Waals surface area (Å²) in [6.07, 6.45) is 2.45. The van der Waals surface area contributed by atoms with Crippen molar-refractivity contribution in [2.75, 3.05) is 6.61 Å². The number of hydrogen-bond donors (Lipinski definition) is 2. The van der Waals surface area contributed by atoms with Gasteiger partial charge in [-0.15, -0.1) is 0 Å². The fourth-order valence-electron chi connectivity index (χ4n) is 2.33. The highest BCUT2D eigenvalue weighted by atomic mass is 79.9. The summed E-state index contributed by atoms with van der Waals surface area (Å²) in [5, 5.41) is 9.51. The molecule has 5 nitrogen and oxygen atoms in total. The minimum atomic E-state index is -0.136. The molecule has 0 saturated carbocycles. The first-order valence-electron chi connectivity index (χ1n) is 6.37. The minimum Gasteiger partial charge on any atom is -0.493 e. The average Bonchev–Trinajstić information content (AvgIpc) is 3.03. The molecule has 0 bridgehead atoms. The van der Waals surface area contributed by atoms with Gasteiger partial charge in [-0.2, -0.15) is 5.10 Å². The first-order valence-corrected chi connectivity index (χ1v) is 7.16. The predicted molar refractivity (Wildman–Crippen MR) is 77.8 cm³/mol. The number of hydrogen-bond acceptors (Lipinski definition) is 3. The van der Waals surface area contributed by atoms with Crippen molar-refractivity contribution >= 4 is 21.8 Å². The lowest BCUT2D eigenvalue weighted by molar-refractivity contribution is 0.0950. The molecule has 2 heterocycles. The summed E-state index contributed by atoms with van der Waals surface area (Å²) < 4.78 is 6.65. The summed E-state index contributed by atoms with van der Waals surface area (Å²) in [6, 6.07) is 4.04. The molecule has 1 aliphatic rings. The number of rotatable bonds is 3. The molecule has 1 aliphatic heterocycles. The van der Waals surface area contributed by atoms with E-state index in [4.69, 9.17) is 4.74 Å². The third kappa shape index (κ3) is 2.43. The van der Waals surface area contributed by atoms with Gasteiger partial charge in [-0.1, -0.05) is 15.9 Å². The maximum absolute atomic E-state index is 12.1. The van der Waals surface area contributed by atoms with E-state index in [0.717, 1.165) is 27.9 Å². The van der Waals surface area contributed by atoms with Crippen LogP contribution in [0, 0.1) is 6.92 Å². The molecular formula is C14H14BrN3O2. The van der Waals surface area contributed by atoms with E-state index < -0.39 is 0 Å². The maximum Gasteiger partial charge on any atom is 0.255 e. The van der Waals surface area contributed by atoms with Gasteiger partial charge < -0.3 is 10.1 Å². The molecule has 0 unspecified atom stereocenters. The standard InChI is InChI=1S/C14H14BrN3O2/c1-8-12(7-17-18-8)14(19)16-6-10-5-11(15)4-9-2-3-20-13(9)10/h4-5,7H,2-3,6H2,1H3,(H,16,19)(H,17,18). The third-order valence-electron chi connectivity index (χ3n) is 3.34. The summed E-state index contributed by atoms with van der Waals surface area (Å²) in [4.78, 5) is 12.1. The number of carbonyl (C=O) groups is 1. The third-order valence-corrected chi connectivity index (χ3v) is 3.80. The Hall–Kier alpha value is -1.82. The molecule has 0 saturated heterocycles. The largest absolute Gasteiger partial charge is 0.493 e. The molecule has 6 heteroatoms. The topological polar surface area (TPSA) is 67.0 Å². The maximum atomic E-state index is 12.1. The molecule has 0 radical (unpaired) electrons. The fourth-order valence-corrected chi connectivity index (χ4v) is 2.88. The Kier molecular flexibility index (Phi) is 3.48. The van der Waals surface area contributed by atoms with Crippen molar-refractivity contribution < 1.29 is 9.53 Å². The van der Waals surface area contributed by atoms with Crippen molar-refractivity contribution in [2.24, 2.45) is 0 Å². The van der Waals surface area contributed by atoms with Crippen LogP contribution in [0.25, 0.3) is 0 Å². The Balaban J connectivity index is 1.76. The van der Waals surface area contributed by atoms with Gasteiger partial charge in [-0.05, 0) is 24.6 Å². The highest BCUT2D eigenvalue weighted by Crippen LogP contribution is 2.32. The van der Waals surface area contributed by atoms with Crippen LogP contribution in [0.3, 0.4) is 0 Å². The molecule has 1 aromatic carbocycles. The van der Waals surface area contributed by atoms with E-state index in [1.165, 1.54) is 11.8 Å². The van der Waals surface area contributed by atoms with Crippen LogP contribution >= 0.6 is 15.9 Å². The van der Waals surface area contributed by atoms with Crippen molar-refractivity contribution in [3.63, 3.8) is 0 Å². The van der Waals surface area contributed by atoms with Crippen LogP contribution in [0.5, 0.6) is 5.75 Å². The molecule has 1 amide bonds. The van der Waals surface area contributed by atoms with Gasteiger partial charge >= 0.3 is 0 Å². The number of fused-ring (bicyclic) bond motifs is 1. The molecule has 104 valence electrons. The number of aromatic nitrogens is 2. The number of carbonyl (C=O) groups excluding carboxylic acids is 1. The number of H-pyrrole nitrogens is 1. The Bertz CT molecular complexity index is 666. The molecule has 0 fully saturated rings. The van der Waals surface area contributed by atoms with Crippen LogP contribution in [0.15, 0.2) is 22.8 Å². The van der Waals surface area contributed by atoms with Crippen LogP contribution in [0.4, 0.5) is 0 Å². The second-order valence-corrected chi connectivity index (χ2v) is 5.66. The van der Waals surface area contributed by atoms with Gasteiger partial charge in [-0.3, -0.25) is 9.89 Å². The van der Waals surface area contributed by atoms with E-state index in [9.17, 15) is 4.79 Å². The van der Waals surface area contributed by atoms with Crippen LogP contribution in [-0.2, 0) is 13.0 Å². The Morgan fingerprint density at radius 3 is 3.15 bits per heavy atom. The molecule has 0 atom stereocenters. The summed E-state index contributed by atoms with van der Waals surface area (Å²) in [7, 11) is 0. The molecular weight excluding hydrogens is 322 g/mol. The van der Waals surface area contributed by atoms with Gasteiger partial charge in [0.2, 0.25) is 0 Å². The summed E-state index contributed by atoms with van der Waals surface area (Å²) in [5.41, 5.74) is 3.50. The number of nitrogens with zero attached hydrogens (tertiary/aromatic N) is 1. The quantitative estimate of drug-likeness (QED) is 0.904. The van der Waals surface area contributed by atoms with Crippen LogP contribution in [0.2, 0.25) is 0 Å². The van der Waals surface area contributed by atoms with Crippen molar-refractivity contribution in [1.82, 2.24) is 15.5 Å². The van der Waals surface area contributed by atoms with Gasteiger partial charge in [0, 0.05) is 28.7 Å². The van der Waals surface area contributed by atoms with E-state index in [1.54, 1.807) is 0 Å². The van der Waals surface area contributed by atoms with Crippen molar-refractivity contribution in [3.05, 3.63) is 45.2 Å². The van der Waals surface area contributed by atoms with Gasteiger partial charge in [-0.25, -0.2) is 0 Å². The number of benzene rings is 1. The lowest BCUT2D eigenvalue weighted by atomic mass is 10.1. The van der Waals surface area contributed by atoms with E-state index in [1.807, 2.05) is 13.0 Å². The SMILES string of the molecule is Cc1[nH]ncc1C(=O)NCc1cc(Br)cc2c1OCC2. The normalized spacial score (nSPS) is 12.9. The van der Waals surface area contributed by atoms with Crippen LogP contribution < -0.4 is 10.1 Å². The Morgan fingerprint density at radius 2 is 2.40 bits per heavy atom. The van der Waals surface area contributed by atoms with E-state index in [0.29, 0.717) is 18.7 Å². The van der Waals surface area contributed by atoms with E-state index in [2.05, 4.69) is 37.5 Å². The highest BCUT2D eigenvalue weighted by molar-refractivity contribution is 9.10. The smallest absolute Gasteiger partial charge is 0.255 e. The zero-order chi connectivity index (χ0) is 14.1. The molecule has 0 aliphatic carbocycles. The number of aryl methyl sites for hydroxylation is 1. The van der Waals surface area contributed by atoms with E-state index >= 15 is 0 Å². The minimum absolute atomic E-state index is 0.136. The summed E-state index contributed by atoms with van der Waals surface area (Å²) in [6.45, 7) is 2.96. The molecule has 1 aromatic heterocycles. The number of nitrogens with one attached hydrogen (secondary N) is 2.